The first kappa shape index (κ1) is 14.0. The molecule has 0 bridgehead atoms. The van der Waals surface area contributed by atoms with Crippen LogP contribution in [0.15, 0.2) is 18.2 Å². The highest BCUT2D eigenvalue weighted by atomic mass is 19.4. The Hall–Kier alpha value is -1.10. The molecule has 0 heterocycles. The normalized spacial score (nSPS) is 13.8. The maximum atomic E-state index is 12.9. The van der Waals surface area contributed by atoms with Crippen LogP contribution in [0.25, 0.3) is 0 Å². The molecular weight excluding hydrogens is 234 g/mol. The Morgan fingerprint density at radius 3 is 2.53 bits per heavy atom. The van der Waals surface area contributed by atoms with Crippen LogP contribution in [0, 0.1) is 12.7 Å². The highest BCUT2D eigenvalue weighted by molar-refractivity contribution is 5.26. The summed E-state index contributed by atoms with van der Waals surface area (Å²) in [5.41, 5.74) is 1.54. The van der Waals surface area contributed by atoms with Gasteiger partial charge in [0.2, 0.25) is 0 Å². The average Bonchev–Trinajstić information content (AvgIpc) is 2.17. The van der Waals surface area contributed by atoms with Gasteiger partial charge in [0.05, 0.1) is 6.42 Å². The van der Waals surface area contributed by atoms with Crippen LogP contribution < -0.4 is 5.32 Å². The van der Waals surface area contributed by atoms with E-state index in [1.165, 1.54) is 19.1 Å². The lowest BCUT2D eigenvalue weighted by molar-refractivity contribution is -0.139. The molecule has 0 saturated heterocycles. The smallest absolute Gasteiger partial charge is 0.310 e. The van der Waals surface area contributed by atoms with Crippen molar-refractivity contribution in [2.45, 2.75) is 39.0 Å². The molecule has 0 aliphatic carbocycles. The zero-order valence-corrected chi connectivity index (χ0v) is 9.74. The van der Waals surface area contributed by atoms with Crippen LogP contribution >= 0.6 is 0 Å². The highest BCUT2D eigenvalue weighted by Crippen LogP contribution is 2.21. The molecule has 1 N–H and O–H groups in total. The van der Waals surface area contributed by atoms with Crippen LogP contribution in [0.2, 0.25) is 0 Å². The van der Waals surface area contributed by atoms with E-state index in [1.54, 1.807) is 13.0 Å². The van der Waals surface area contributed by atoms with E-state index in [9.17, 15) is 17.6 Å². The summed E-state index contributed by atoms with van der Waals surface area (Å²) in [7, 11) is 0. The lowest BCUT2D eigenvalue weighted by Crippen LogP contribution is -2.30. The quantitative estimate of drug-likeness (QED) is 0.804. The van der Waals surface area contributed by atoms with Crippen molar-refractivity contribution in [2.75, 3.05) is 0 Å². The van der Waals surface area contributed by atoms with Gasteiger partial charge >= 0.3 is 6.18 Å². The SMILES string of the molecule is Cc1ccc(F)cc1CNC(C)CC(F)(F)F. The lowest BCUT2D eigenvalue weighted by atomic mass is 10.1. The molecule has 1 nitrogen and oxygen atoms in total. The van der Waals surface area contributed by atoms with E-state index in [1.807, 2.05) is 0 Å². The van der Waals surface area contributed by atoms with E-state index in [0.717, 1.165) is 5.56 Å². The van der Waals surface area contributed by atoms with Crippen molar-refractivity contribution in [3.8, 4) is 0 Å². The van der Waals surface area contributed by atoms with E-state index >= 15 is 0 Å². The lowest BCUT2D eigenvalue weighted by Gasteiger charge is -2.16. The second-order valence-electron chi connectivity index (χ2n) is 4.17. The number of benzene rings is 1. The first-order chi connectivity index (χ1) is 7.78. The van der Waals surface area contributed by atoms with E-state index in [2.05, 4.69) is 5.32 Å². The topological polar surface area (TPSA) is 12.0 Å². The number of rotatable bonds is 4. The molecule has 1 aromatic rings. The third-order valence-electron chi connectivity index (χ3n) is 2.49. The molecule has 1 aromatic carbocycles. The zero-order chi connectivity index (χ0) is 13.1. The molecule has 0 radical (unpaired) electrons. The molecule has 0 amide bonds. The Labute approximate surface area is 97.8 Å². The van der Waals surface area contributed by atoms with Crippen LogP contribution in [0.3, 0.4) is 0 Å². The summed E-state index contributed by atoms with van der Waals surface area (Å²) in [4.78, 5) is 0. The van der Waals surface area contributed by atoms with Crippen LogP contribution in [0.1, 0.15) is 24.5 Å². The summed E-state index contributed by atoms with van der Waals surface area (Å²) >= 11 is 0. The summed E-state index contributed by atoms with van der Waals surface area (Å²) in [5.74, 6) is -0.379. The molecule has 0 aromatic heterocycles. The Morgan fingerprint density at radius 1 is 1.29 bits per heavy atom. The third-order valence-corrected chi connectivity index (χ3v) is 2.49. The van der Waals surface area contributed by atoms with E-state index in [0.29, 0.717) is 5.56 Å². The van der Waals surface area contributed by atoms with Gasteiger partial charge in [0.25, 0.3) is 0 Å². The maximum Gasteiger partial charge on any atom is 0.390 e. The van der Waals surface area contributed by atoms with Gasteiger partial charge in [-0.15, -0.1) is 0 Å². The van der Waals surface area contributed by atoms with Gasteiger partial charge in [-0.2, -0.15) is 13.2 Å². The fourth-order valence-corrected chi connectivity index (χ4v) is 1.53. The van der Waals surface area contributed by atoms with Crippen molar-refractivity contribution < 1.29 is 17.6 Å². The minimum atomic E-state index is -4.18. The van der Waals surface area contributed by atoms with Gasteiger partial charge in [-0.3, -0.25) is 0 Å². The Balaban J connectivity index is 2.53. The number of nitrogens with one attached hydrogen (secondary N) is 1. The first-order valence-corrected chi connectivity index (χ1v) is 5.33. The van der Waals surface area contributed by atoms with Crippen molar-refractivity contribution in [3.63, 3.8) is 0 Å². The van der Waals surface area contributed by atoms with E-state index in [4.69, 9.17) is 0 Å². The third kappa shape index (κ3) is 5.17. The average molecular weight is 249 g/mol. The van der Waals surface area contributed by atoms with Gasteiger partial charge < -0.3 is 5.32 Å². The molecule has 0 fully saturated rings. The molecule has 0 aliphatic heterocycles. The largest absolute Gasteiger partial charge is 0.390 e. The molecule has 0 aliphatic rings. The van der Waals surface area contributed by atoms with Gasteiger partial charge in [0.15, 0.2) is 0 Å². The molecule has 0 spiro atoms. The fourth-order valence-electron chi connectivity index (χ4n) is 1.53. The molecule has 5 heteroatoms. The van der Waals surface area contributed by atoms with Crippen molar-refractivity contribution in [2.24, 2.45) is 0 Å². The van der Waals surface area contributed by atoms with Crippen molar-refractivity contribution in [1.29, 1.82) is 0 Å². The van der Waals surface area contributed by atoms with Gasteiger partial charge in [0.1, 0.15) is 5.82 Å². The van der Waals surface area contributed by atoms with Gasteiger partial charge in [-0.1, -0.05) is 6.07 Å². The second kappa shape index (κ2) is 5.49. The molecule has 17 heavy (non-hydrogen) atoms. The monoisotopic (exact) mass is 249 g/mol. The summed E-state index contributed by atoms with van der Waals surface area (Å²) in [6.45, 7) is 3.49. The predicted octanol–water partition coefficient (Wildman–Crippen LogP) is 3.56. The maximum absolute atomic E-state index is 12.9. The van der Waals surface area contributed by atoms with Crippen molar-refractivity contribution in [3.05, 3.63) is 35.1 Å². The number of hydrogen-bond donors (Lipinski definition) is 1. The molecule has 1 rings (SSSR count). The summed E-state index contributed by atoms with van der Waals surface area (Å²) < 4.78 is 49.2. The number of hydrogen-bond acceptors (Lipinski definition) is 1. The number of halogens is 4. The Bertz CT molecular complexity index is 373. The molecule has 1 atom stereocenters. The minimum absolute atomic E-state index is 0.237. The number of alkyl halides is 3. The van der Waals surface area contributed by atoms with Gasteiger partial charge in [0, 0.05) is 12.6 Å². The Morgan fingerprint density at radius 2 is 1.94 bits per heavy atom. The molecule has 1 unspecified atom stereocenters. The van der Waals surface area contributed by atoms with Gasteiger partial charge in [-0.05, 0) is 37.1 Å². The second-order valence-corrected chi connectivity index (χ2v) is 4.17. The van der Waals surface area contributed by atoms with E-state index in [-0.39, 0.29) is 12.4 Å². The minimum Gasteiger partial charge on any atom is -0.310 e. The molecule has 0 saturated carbocycles. The van der Waals surface area contributed by atoms with Crippen LogP contribution in [0.5, 0.6) is 0 Å². The molecular formula is C12H15F4N. The van der Waals surface area contributed by atoms with Crippen molar-refractivity contribution >= 4 is 0 Å². The van der Waals surface area contributed by atoms with Crippen LogP contribution in [-0.4, -0.2) is 12.2 Å². The standard InChI is InChI=1S/C12H15F4N/c1-8-3-4-11(13)5-10(8)7-17-9(2)6-12(14,15)16/h3-5,9,17H,6-7H2,1-2H3. The highest BCUT2D eigenvalue weighted by Gasteiger charge is 2.29. The first-order valence-electron chi connectivity index (χ1n) is 5.33. The number of aryl methyl sites for hydroxylation is 1. The van der Waals surface area contributed by atoms with Crippen LogP contribution in [0.4, 0.5) is 17.6 Å². The molecule has 96 valence electrons. The fraction of sp³-hybridized carbons (Fsp3) is 0.500. The van der Waals surface area contributed by atoms with E-state index < -0.39 is 18.6 Å². The van der Waals surface area contributed by atoms with Crippen molar-refractivity contribution in [1.82, 2.24) is 5.32 Å². The summed E-state index contributed by atoms with van der Waals surface area (Å²) in [5, 5.41) is 2.74. The zero-order valence-electron chi connectivity index (χ0n) is 9.74. The summed E-state index contributed by atoms with van der Waals surface area (Å²) in [6, 6.07) is 3.60. The van der Waals surface area contributed by atoms with Gasteiger partial charge in [-0.25, -0.2) is 4.39 Å². The summed E-state index contributed by atoms with van der Waals surface area (Å²) in [6.07, 6.45) is -5.06. The Kier molecular flexibility index (Phi) is 4.51. The van der Waals surface area contributed by atoms with Crippen LogP contribution in [-0.2, 0) is 6.54 Å². The predicted molar refractivity (Wildman–Crippen MR) is 58.1 cm³/mol.